The molecule has 2 aliphatic rings. The topological polar surface area (TPSA) is 49.8 Å². The molecule has 1 aliphatic heterocycles. The fourth-order valence-electron chi connectivity index (χ4n) is 2.84. The van der Waals surface area contributed by atoms with E-state index in [9.17, 15) is 9.90 Å². The third kappa shape index (κ3) is 2.18. The van der Waals surface area contributed by atoms with Gasteiger partial charge >= 0.3 is 5.97 Å². The second-order valence-electron chi connectivity index (χ2n) is 4.93. The van der Waals surface area contributed by atoms with Crippen LogP contribution in [0, 0.1) is 0 Å². The fourth-order valence-corrected chi connectivity index (χ4v) is 2.84. The first kappa shape index (κ1) is 12.1. The molecule has 0 radical (unpaired) electrons. The number of nitrogens with zero attached hydrogens (tertiary/aromatic N) is 1. The zero-order valence-electron chi connectivity index (χ0n) is 10.7. The van der Waals surface area contributed by atoms with Gasteiger partial charge in [0.2, 0.25) is 0 Å². The average Bonchev–Trinajstić information content (AvgIpc) is 2.46. The number of benzene rings is 1. The highest BCUT2D eigenvalue weighted by Gasteiger charge is 2.27. The monoisotopic (exact) mass is 259 g/mol. The van der Waals surface area contributed by atoms with Crippen LogP contribution >= 0.6 is 0 Å². The molecule has 0 bridgehead atoms. The molecule has 19 heavy (non-hydrogen) atoms. The number of carboxylic acid groups (broad SMARTS) is 1. The van der Waals surface area contributed by atoms with Crippen LogP contribution in [0.1, 0.15) is 29.6 Å². The zero-order valence-corrected chi connectivity index (χ0v) is 10.7. The molecule has 1 atom stereocenters. The molecule has 0 amide bonds. The number of ether oxygens (including phenoxy) is 1. The summed E-state index contributed by atoms with van der Waals surface area (Å²) < 4.78 is 5.59. The van der Waals surface area contributed by atoms with Crippen molar-refractivity contribution in [1.82, 2.24) is 0 Å². The summed E-state index contributed by atoms with van der Waals surface area (Å²) in [6.07, 6.45) is 7.89. The maximum Gasteiger partial charge on any atom is 0.339 e. The van der Waals surface area contributed by atoms with Crippen molar-refractivity contribution in [2.75, 3.05) is 18.1 Å². The molecule has 0 spiro atoms. The van der Waals surface area contributed by atoms with E-state index in [4.69, 9.17) is 4.74 Å². The summed E-state index contributed by atoms with van der Waals surface area (Å²) in [7, 11) is 0. The molecule has 0 fully saturated rings. The molecule has 1 unspecified atom stereocenters. The molecule has 4 heteroatoms. The summed E-state index contributed by atoms with van der Waals surface area (Å²) in [5.41, 5.74) is 1.16. The Morgan fingerprint density at radius 3 is 3.05 bits per heavy atom. The maximum atomic E-state index is 11.2. The highest BCUT2D eigenvalue weighted by molar-refractivity contribution is 5.93. The van der Waals surface area contributed by atoms with Crippen molar-refractivity contribution in [3.8, 4) is 5.75 Å². The van der Waals surface area contributed by atoms with Crippen LogP contribution in [0.2, 0.25) is 0 Å². The van der Waals surface area contributed by atoms with E-state index in [1.165, 1.54) is 6.42 Å². The Morgan fingerprint density at radius 1 is 1.42 bits per heavy atom. The fraction of sp³-hybridized carbons (Fsp3) is 0.400. The lowest BCUT2D eigenvalue weighted by Crippen LogP contribution is -2.41. The predicted molar refractivity (Wildman–Crippen MR) is 73.0 cm³/mol. The number of carboxylic acids is 1. The van der Waals surface area contributed by atoms with Crippen molar-refractivity contribution in [2.24, 2.45) is 0 Å². The minimum atomic E-state index is -0.933. The average molecular weight is 259 g/mol. The Kier molecular flexibility index (Phi) is 3.15. The van der Waals surface area contributed by atoms with Crippen molar-refractivity contribution in [3.63, 3.8) is 0 Å². The second-order valence-corrected chi connectivity index (χ2v) is 4.93. The van der Waals surface area contributed by atoms with Gasteiger partial charge in [0.05, 0.1) is 12.2 Å². The minimum Gasteiger partial charge on any atom is -0.489 e. The lowest BCUT2D eigenvalue weighted by atomic mass is 9.99. The van der Waals surface area contributed by atoms with Crippen LogP contribution < -0.4 is 9.64 Å². The molecule has 1 heterocycles. The van der Waals surface area contributed by atoms with E-state index in [0.717, 1.165) is 25.1 Å². The van der Waals surface area contributed by atoms with E-state index >= 15 is 0 Å². The second kappa shape index (κ2) is 4.96. The largest absolute Gasteiger partial charge is 0.489 e. The number of allylic oxidation sites excluding steroid dienone is 1. The van der Waals surface area contributed by atoms with Gasteiger partial charge in [-0.2, -0.15) is 0 Å². The Labute approximate surface area is 112 Å². The quantitative estimate of drug-likeness (QED) is 0.830. The first-order chi connectivity index (χ1) is 9.27. The predicted octanol–water partition coefficient (Wildman–Crippen LogP) is 2.69. The third-order valence-corrected chi connectivity index (χ3v) is 3.74. The maximum absolute atomic E-state index is 11.2. The lowest BCUT2D eigenvalue weighted by molar-refractivity contribution is 0.0692. The number of para-hydroxylation sites is 1. The van der Waals surface area contributed by atoms with Crippen LogP contribution in [0.4, 0.5) is 5.69 Å². The SMILES string of the molecule is O=C(O)c1cccc2c1OCCN2C1C=CCCC1. The van der Waals surface area contributed by atoms with Gasteiger partial charge in [0.25, 0.3) is 0 Å². The van der Waals surface area contributed by atoms with E-state index in [0.29, 0.717) is 18.4 Å². The summed E-state index contributed by atoms with van der Waals surface area (Å²) in [6, 6.07) is 5.70. The van der Waals surface area contributed by atoms with E-state index in [-0.39, 0.29) is 5.56 Å². The van der Waals surface area contributed by atoms with E-state index in [1.807, 2.05) is 6.07 Å². The van der Waals surface area contributed by atoms with E-state index in [2.05, 4.69) is 17.1 Å². The van der Waals surface area contributed by atoms with Gasteiger partial charge in [-0.15, -0.1) is 0 Å². The Hall–Kier alpha value is -1.97. The molecule has 4 nitrogen and oxygen atoms in total. The molecule has 100 valence electrons. The van der Waals surface area contributed by atoms with Gasteiger partial charge in [-0.3, -0.25) is 0 Å². The summed E-state index contributed by atoms with van der Waals surface area (Å²) in [6.45, 7) is 1.35. The highest BCUT2D eigenvalue weighted by atomic mass is 16.5. The first-order valence-electron chi connectivity index (χ1n) is 6.70. The van der Waals surface area contributed by atoms with Crippen molar-refractivity contribution in [3.05, 3.63) is 35.9 Å². The van der Waals surface area contributed by atoms with Crippen LogP contribution in [0.15, 0.2) is 30.4 Å². The smallest absolute Gasteiger partial charge is 0.339 e. The molecule has 1 N–H and O–H groups in total. The highest BCUT2D eigenvalue weighted by Crippen LogP contribution is 2.37. The standard InChI is InChI=1S/C15H17NO3/c17-15(18)12-7-4-8-13-14(12)19-10-9-16(13)11-5-2-1-3-6-11/h2,4-5,7-8,11H,1,3,6,9-10H2,(H,17,18). The van der Waals surface area contributed by atoms with Gasteiger partial charge in [-0.25, -0.2) is 4.79 Å². The van der Waals surface area contributed by atoms with Gasteiger partial charge < -0.3 is 14.7 Å². The molecular weight excluding hydrogens is 242 g/mol. The Balaban J connectivity index is 2.00. The summed E-state index contributed by atoms with van der Waals surface area (Å²) in [4.78, 5) is 13.5. The number of fused-ring (bicyclic) bond motifs is 1. The lowest BCUT2D eigenvalue weighted by Gasteiger charge is -2.37. The van der Waals surface area contributed by atoms with Crippen molar-refractivity contribution in [1.29, 1.82) is 0 Å². The summed E-state index contributed by atoms with van der Waals surface area (Å²) >= 11 is 0. The van der Waals surface area contributed by atoms with Crippen molar-refractivity contribution >= 4 is 11.7 Å². The van der Waals surface area contributed by atoms with Gasteiger partial charge in [-0.1, -0.05) is 18.2 Å². The third-order valence-electron chi connectivity index (χ3n) is 3.74. The molecule has 1 aromatic rings. The molecule has 1 aliphatic carbocycles. The van der Waals surface area contributed by atoms with Gasteiger partial charge in [-0.05, 0) is 31.4 Å². The Bertz CT molecular complexity index is 524. The zero-order chi connectivity index (χ0) is 13.2. The van der Waals surface area contributed by atoms with E-state index < -0.39 is 5.97 Å². The van der Waals surface area contributed by atoms with Gasteiger partial charge in [0.1, 0.15) is 12.2 Å². The number of hydrogen-bond donors (Lipinski definition) is 1. The van der Waals surface area contributed by atoms with Crippen LogP contribution in [-0.4, -0.2) is 30.3 Å². The van der Waals surface area contributed by atoms with Crippen LogP contribution in [0.3, 0.4) is 0 Å². The number of carbonyl (C=O) groups is 1. The molecule has 0 saturated heterocycles. The summed E-state index contributed by atoms with van der Waals surface area (Å²) in [5.74, 6) is -0.418. The number of rotatable bonds is 2. The van der Waals surface area contributed by atoms with Crippen molar-refractivity contribution < 1.29 is 14.6 Å². The minimum absolute atomic E-state index is 0.252. The number of hydrogen-bond acceptors (Lipinski definition) is 3. The van der Waals surface area contributed by atoms with Gasteiger partial charge in [0, 0.05) is 6.04 Å². The normalized spacial score (nSPS) is 21.7. The van der Waals surface area contributed by atoms with Crippen molar-refractivity contribution in [2.45, 2.75) is 25.3 Å². The van der Waals surface area contributed by atoms with Gasteiger partial charge in [0.15, 0.2) is 5.75 Å². The van der Waals surface area contributed by atoms with Crippen LogP contribution in [0.5, 0.6) is 5.75 Å². The van der Waals surface area contributed by atoms with Crippen LogP contribution in [0.25, 0.3) is 0 Å². The molecule has 3 rings (SSSR count). The van der Waals surface area contributed by atoms with E-state index in [1.54, 1.807) is 12.1 Å². The molecule has 1 aromatic carbocycles. The summed E-state index contributed by atoms with van der Waals surface area (Å²) in [5, 5.41) is 9.22. The number of anilines is 1. The first-order valence-corrected chi connectivity index (χ1v) is 6.70. The van der Waals surface area contributed by atoms with Crippen LogP contribution in [-0.2, 0) is 0 Å². The number of aromatic carboxylic acids is 1. The Morgan fingerprint density at radius 2 is 2.32 bits per heavy atom. The molecular formula is C15H17NO3. The molecule has 0 saturated carbocycles. The molecule has 0 aromatic heterocycles.